The molecule has 1 amide bonds. The van der Waals surface area contributed by atoms with Gasteiger partial charge < -0.3 is 14.8 Å². The molecule has 144 valence electrons. The van der Waals surface area contributed by atoms with Gasteiger partial charge >= 0.3 is 0 Å². The minimum Gasteiger partial charge on any atom is -0.454 e. The standard InChI is InChI=1S/C17H17ClN2O5S2/c18-15-6-7-16(26-15)27(22,23)20-8-2-1-3-12(20)17(21)19-11-4-5-13-14(9-11)25-10-24-13/h4-7,9,12H,1-3,8,10H2,(H,19,21)/t12-/m1/s1. The van der Waals surface area contributed by atoms with Crippen LogP contribution in [0.5, 0.6) is 11.5 Å². The molecular formula is C17H17ClN2O5S2. The van der Waals surface area contributed by atoms with E-state index in [1.54, 1.807) is 24.3 Å². The van der Waals surface area contributed by atoms with Crippen molar-refractivity contribution in [2.24, 2.45) is 0 Å². The number of rotatable bonds is 4. The maximum Gasteiger partial charge on any atom is 0.253 e. The summed E-state index contributed by atoms with van der Waals surface area (Å²) in [6.07, 6.45) is 1.97. The smallest absolute Gasteiger partial charge is 0.253 e. The molecule has 1 fully saturated rings. The van der Waals surface area contributed by atoms with Gasteiger partial charge in [0.2, 0.25) is 12.7 Å². The fourth-order valence-electron chi connectivity index (χ4n) is 3.21. The lowest BCUT2D eigenvalue weighted by atomic mass is 10.0. The first-order valence-electron chi connectivity index (χ1n) is 8.43. The second-order valence-corrected chi connectivity index (χ2v) is 10.1. The van der Waals surface area contributed by atoms with Gasteiger partial charge in [0.15, 0.2) is 11.5 Å². The van der Waals surface area contributed by atoms with Crippen molar-refractivity contribution in [2.75, 3.05) is 18.7 Å². The van der Waals surface area contributed by atoms with Crippen LogP contribution >= 0.6 is 22.9 Å². The Hall–Kier alpha value is -1.81. The van der Waals surface area contributed by atoms with Crippen molar-refractivity contribution in [1.82, 2.24) is 4.31 Å². The van der Waals surface area contributed by atoms with Gasteiger partial charge in [0.05, 0.1) is 4.34 Å². The number of carbonyl (C=O) groups is 1. The van der Waals surface area contributed by atoms with E-state index in [0.717, 1.165) is 17.8 Å². The lowest BCUT2D eigenvalue weighted by Gasteiger charge is -2.33. The highest BCUT2D eigenvalue weighted by Gasteiger charge is 2.38. The number of sulfonamides is 1. The molecule has 3 heterocycles. The maximum atomic E-state index is 13.0. The number of hydrogen-bond donors (Lipinski definition) is 1. The Morgan fingerprint density at radius 2 is 2.00 bits per heavy atom. The zero-order chi connectivity index (χ0) is 19.0. The molecule has 27 heavy (non-hydrogen) atoms. The Kier molecular flexibility index (Phi) is 5.02. The van der Waals surface area contributed by atoms with Crippen LogP contribution in [0.25, 0.3) is 0 Å². The van der Waals surface area contributed by atoms with E-state index < -0.39 is 16.1 Å². The molecule has 1 aromatic carbocycles. The first-order chi connectivity index (χ1) is 12.9. The molecule has 1 atom stereocenters. The van der Waals surface area contributed by atoms with Crippen molar-refractivity contribution in [3.05, 3.63) is 34.7 Å². The monoisotopic (exact) mass is 428 g/mol. The van der Waals surface area contributed by atoms with E-state index in [0.29, 0.717) is 40.9 Å². The van der Waals surface area contributed by atoms with Crippen LogP contribution in [0, 0.1) is 0 Å². The number of thiophene rings is 1. The Morgan fingerprint density at radius 3 is 2.78 bits per heavy atom. The molecular weight excluding hydrogens is 412 g/mol. The molecule has 1 saturated heterocycles. The van der Waals surface area contributed by atoms with Gasteiger partial charge in [-0.25, -0.2) is 8.42 Å². The van der Waals surface area contributed by atoms with Crippen LogP contribution in [-0.2, 0) is 14.8 Å². The minimum atomic E-state index is -3.78. The van der Waals surface area contributed by atoms with Crippen LogP contribution in [0.15, 0.2) is 34.5 Å². The average Bonchev–Trinajstić information content (AvgIpc) is 3.30. The molecule has 0 saturated carbocycles. The summed E-state index contributed by atoms with van der Waals surface area (Å²) in [4.78, 5) is 12.8. The number of anilines is 1. The molecule has 1 aromatic heterocycles. The number of nitrogens with one attached hydrogen (secondary N) is 1. The van der Waals surface area contributed by atoms with Crippen molar-refractivity contribution in [1.29, 1.82) is 0 Å². The molecule has 0 aliphatic carbocycles. The fraction of sp³-hybridized carbons (Fsp3) is 0.353. The third kappa shape index (κ3) is 3.64. The molecule has 4 rings (SSSR count). The third-order valence-electron chi connectivity index (χ3n) is 4.51. The summed E-state index contributed by atoms with van der Waals surface area (Å²) in [7, 11) is -3.78. The van der Waals surface area contributed by atoms with E-state index >= 15 is 0 Å². The summed E-state index contributed by atoms with van der Waals surface area (Å²) in [6, 6.07) is 7.33. The number of halogens is 1. The first-order valence-corrected chi connectivity index (χ1v) is 11.1. The number of benzene rings is 1. The predicted octanol–water partition coefficient (Wildman–Crippen LogP) is 3.31. The van der Waals surface area contributed by atoms with E-state index in [2.05, 4.69) is 5.32 Å². The summed E-state index contributed by atoms with van der Waals surface area (Å²) in [5, 5.41) is 2.80. The van der Waals surface area contributed by atoms with Crippen molar-refractivity contribution >= 4 is 44.6 Å². The normalized spacial score (nSPS) is 19.8. The summed E-state index contributed by atoms with van der Waals surface area (Å²) < 4.78 is 38.4. The highest BCUT2D eigenvalue weighted by atomic mass is 35.5. The maximum absolute atomic E-state index is 13.0. The fourth-order valence-corrected chi connectivity index (χ4v) is 6.47. The van der Waals surface area contributed by atoms with Crippen molar-refractivity contribution in [2.45, 2.75) is 29.5 Å². The number of nitrogens with zero attached hydrogens (tertiary/aromatic N) is 1. The van der Waals surface area contributed by atoms with Gasteiger partial charge in [-0.2, -0.15) is 4.31 Å². The zero-order valence-corrected chi connectivity index (χ0v) is 16.6. The van der Waals surface area contributed by atoms with Crippen LogP contribution in [0.2, 0.25) is 4.34 Å². The molecule has 10 heteroatoms. The van der Waals surface area contributed by atoms with Crippen molar-refractivity contribution < 1.29 is 22.7 Å². The van der Waals surface area contributed by atoms with Gasteiger partial charge in [-0.15, -0.1) is 11.3 Å². The van der Waals surface area contributed by atoms with Gasteiger partial charge in [0.1, 0.15) is 10.3 Å². The summed E-state index contributed by atoms with van der Waals surface area (Å²) in [6.45, 7) is 0.446. The number of piperidine rings is 1. The second kappa shape index (κ2) is 7.31. The molecule has 2 aliphatic heterocycles. The van der Waals surface area contributed by atoms with Crippen LogP contribution in [-0.4, -0.2) is 38.0 Å². The number of hydrogen-bond acceptors (Lipinski definition) is 6. The quantitative estimate of drug-likeness (QED) is 0.807. The average molecular weight is 429 g/mol. The van der Waals surface area contributed by atoms with Gasteiger partial charge in [-0.05, 0) is 37.1 Å². The zero-order valence-electron chi connectivity index (χ0n) is 14.2. The van der Waals surface area contributed by atoms with E-state index in [-0.39, 0.29) is 16.9 Å². The second-order valence-electron chi connectivity index (χ2n) is 6.24. The molecule has 7 nitrogen and oxygen atoms in total. The Balaban J connectivity index is 1.56. The lowest BCUT2D eigenvalue weighted by Crippen LogP contribution is -2.49. The van der Waals surface area contributed by atoms with Gasteiger partial charge in [-0.3, -0.25) is 4.79 Å². The third-order valence-corrected chi connectivity index (χ3v) is 8.11. The highest BCUT2D eigenvalue weighted by Crippen LogP contribution is 2.35. The van der Waals surface area contributed by atoms with Gasteiger partial charge in [-0.1, -0.05) is 18.0 Å². The topological polar surface area (TPSA) is 84.9 Å². The van der Waals surface area contributed by atoms with Crippen LogP contribution in [0.4, 0.5) is 5.69 Å². The van der Waals surface area contributed by atoms with Crippen LogP contribution in [0.1, 0.15) is 19.3 Å². The van der Waals surface area contributed by atoms with Gasteiger partial charge in [0, 0.05) is 18.3 Å². The molecule has 0 radical (unpaired) electrons. The van der Waals surface area contributed by atoms with E-state index in [9.17, 15) is 13.2 Å². The van der Waals surface area contributed by atoms with Gasteiger partial charge in [0.25, 0.3) is 10.0 Å². The van der Waals surface area contributed by atoms with Crippen LogP contribution < -0.4 is 14.8 Å². The molecule has 0 spiro atoms. The van der Waals surface area contributed by atoms with Crippen molar-refractivity contribution in [3.8, 4) is 11.5 Å². The first kappa shape index (κ1) is 18.5. The molecule has 2 aromatic rings. The lowest BCUT2D eigenvalue weighted by molar-refractivity contribution is -0.120. The van der Waals surface area contributed by atoms with Crippen LogP contribution in [0.3, 0.4) is 0 Å². The number of amides is 1. The van der Waals surface area contributed by atoms with E-state index in [1.807, 2.05) is 0 Å². The number of carbonyl (C=O) groups excluding carboxylic acids is 1. The van der Waals surface area contributed by atoms with Crippen molar-refractivity contribution in [3.63, 3.8) is 0 Å². The molecule has 1 N–H and O–H groups in total. The largest absolute Gasteiger partial charge is 0.454 e. The predicted molar refractivity (Wildman–Crippen MR) is 102 cm³/mol. The highest BCUT2D eigenvalue weighted by molar-refractivity contribution is 7.91. The summed E-state index contributed by atoms with van der Waals surface area (Å²) in [5.74, 6) is 0.804. The summed E-state index contributed by atoms with van der Waals surface area (Å²) >= 11 is 6.89. The van der Waals surface area contributed by atoms with E-state index in [1.165, 1.54) is 10.4 Å². The Labute approximate surface area is 165 Å². The number of ether oxygens (including phenoxy) is 2. The summed E-state index contributed by atoms with van der Waals surface area (Å²) in [5.41, 5.74) is 0.534. The molecule has 2 aliphatic rings. The molecule has 0 unspecified atom stereocenters. The Bertz CT molecular complexity index is 975. The SMILES string of the molecule is O=C(Nc1ccc2c(c1)OCO2)[C@H]1CCCCN1S(=O)(=O)c1ccc(Cl)s1. The molecule has 0 bridgehead atoms. The number of fused-ring (bicyclic) bond motifs is 1. The minimum absolute atomic E-state index is 0.144. The van der Waals surface area contributed by atoms with E-state index in [4.69, 9.17) is 21.1 Å². The Morgan fingerprint density at radius 1 is 1.19 bits per heavy atom.